The van der Waals surface area contributed by atoms with Crippen molar-refractivity contribution in [2.24, 2.45) is 5.92 Å². The maximum atomic E-state index is 11.8. The van der Waals surface area contributed by atoms with Crippen LogP contribution in [0.15, 0.2) is 30.3 Å². The third-order valence-corrected chi connectivity index (χ3v) is 3.94. The van der Waals surface area contributed by atoms with E-state index in [1.807, 2.05) is 30.3 Å². The SMILES string of the molecule is CCC(CC)N(CCNC(=O)OCc1ccccc1)CC(C)C. The summed E-state index contributed by atoms with van der Waals surface area (Å²) >= 11 is 0. The molecule has 0 unspecified atom stereocenters. The average Bonchev–Trinajstić information content (AvgIpc) is 2.54. The molecule has 0 saturated heterocycles. The lowest BCUT2D eigenvalue weighted by atomic mass is 10.1. The lowest BCUT2D eigenvalue weighted by Crippen LogP contribution is -2.42. The van der Waals surface area contributed by atoms with Crippen LogP contribution in [0.1, 0.15) is 46.1 Å². The summed E-state index contributed by atoms with van der Waals surface area (Å²) in [5.41, 5.74) is 1.00. The first kappa shape index (κ1) is 19.5. The molecule has 4 nitrogen and oxygen atoms in total. The van der Waals surface area contributed by atoms with Gasteiger partial charge in [0.15, 0.2) is 0 Å². The van der Waals surface area contributed by atoms with Gasteiger partial charge in [-0.25, -0.2) is 4.79 Å². The second-order valence-electron chi connectivity index (χ2n) is 6.35. The van der Waals surface area contributed by atoms with E-state index in [0.717, 1.165) is 31.5 Å². The molecule has 0 heterocycles. The van der Waals surface area contributed by atoms with Gasteiger partial charge < -0.3 is 10.1 Å². The Labute approximate surface area is 141 Å². The molecule has 1 aromatic rings. The van der Waals surface area contributed by atoms with Crippen LogP contribution in [0.5, 0.6) is 0 Å². The molecule has 0 aliphatic carbocycles. The minimum absolute atomic E-state index is 0.314. The predicted octanol–water partition coefficient (Wildman–Crippen LogP) is 4.06. The topological polar surface area (TPSA) is 41.6 Å². The molecule has 0 aromatic heterocycles. The van der Waals surface area contributed by atoms with Crippen molar-refractivity contribution < 1.29 is 9.53 Å². The molecule has 0 bridgehead atoms. The monoisotopic (exact) mass is 320 g/mol. The molecule has 0 spiro atoms. The molecule has 1 aromatic carbocycles. The molecule has 0 radical (unpaired) electrons. The van der Waals surface area contributed by atoms with Crippen LogP contribution in [0, 0.1) is 5.92 Å². The fourth-order valence-corrected chi connectivity index (χ4v) is 2.77. The summed E-state index contributed by atoms with van der Waals surface area (Å²) in [7, 11) is 0. The first-order valence-electron chi connectivity index (χ1n) is 8.75. The van der Waals surface area contributed by atoms with E-state index in [-0.39, 0.29) is 6.09 Å². The molecule has 0 aliphatic rings. The molecule has 1 N–H and O–H groups in total. The Hall–Kier alpha value is -1.55. The number of carbonyl (C=O) groups is 1. The molecule has 1 amide bonds. The zero-order valence-corrected chi connectivity index (χ0v) is 15.0. The van der Waals surface area contributed by atoms with Crippen LogP contribution in [0.25, 0.3) is 0 Å². The number of amides is 1. The highest BCUT2D eigenvalue weighted by Crippen LogP contribution is 2.10. The van der Waals surface area contributed by atoms with E-state index >= 15 is 0 Å². The molecular formula is C19H32N2O2. The van der Waals surface area contributed by atoms with E-state index in [1.54, 1.807) is 0 Å². The fourth-order valence-electron chi connectivity index (χ4n) is 2.77. The van der Waals surface area contributed by atoms with Gasteiger partial charge >= 0.3 is 6.09 Å². The number of nitrogens with one attached hydrogen (secondary N) is 1. The highest BCUT2D eigenvalue weighted by Gasteiger charge is 2.16. The van der Waals surface area contributed by atoms with Crippen LogP contribution in [-0.4, -0.2) is 36.7 Å². The summed E-state index contributed by atoms with van der Waals surface area (Å²) in [6, 6.07) is 10.3. The van der Waals surface area contributed by atoms with Crippen LogP contribution in [-0.2, 0) is 11.3 Å². The largest absolute Gasteiger partial charge is 0.445 e. The lowest BCUT2D eigenvalue weighted by molar-refractivity contribution is 0.132. The van der Waals surface area contributed by atoms with Crippen molar-refractivity contribution in [2.45, 2.75) is 53.2 Å². The van der Waals surface area contributed by atoms with Gasteiger partial charge in [0.1, 0.15) is 6.61 Å². The van der Waals surface area contributed by atoms with E-state index in [2.05, 4.69) is 37.9 Å². The molecular weight excluding hydrogens is 288 g/mol. The van der Waals surface area contributed by atoms with Gasteiger partial charge in [0, 0.05) is 25.7 Å². The number of nitrogens with zero attached hydrogens (tertiary/aromatic N) is 1. The van der Waals surface area contributed by atoms with Gasteiger partial charge in [-0.05, 0) is 24.3 Å². The number of carbonyl (C=O) groups excluding carboxylic acids is 1. The molecule has 23 heavy (non-hydrogen) atoms. The molecule has 0 aliphatic heterocycles. The van der Waals surface area contributed by atoms with Crippen LogP contribution in [0.4, 0.5) is 4.79 Å². The average molecular weight is 320 g/mol. The molecule has 130 valence electrons. The van der Waals surface area contributed by atoms with Crippen molar-refractivity contribution >= 4 is 6.09 Å². The Morgan fingerprint density at radius 3 is 2.39 bits per heavy atom. The Morgan fingerprint density at radius 1 is 1.17 bits per heavy atom. The van der Waals surface area contributed by atoms with Gasteiger partial charge in [-0.1, -0.05) is 58.0 Å². The van der Waals surface area contributed by atoms with Crippen LogP contribution >= 0.6 is 0 Å². The number of hydrogen-bond acceptors (Lipinski definition) is 3. The Kier molecular flexibility index (Phi) is 9.37. The van der Waals surface area contributed by atoms with E-state index in [4.69, 9.17) is 4.74 Å². The summed E-state index contributed by atoms with van der Waals surface area (Å²) in [5, 5.41) is 2.86. The first-order chi connectivity index (χ1) is 11.1. The summed E-state index contributed by atoms with van der Waals surface area (Å²) in [4.78, 5) is 14.3. The van der Waals surface area contributed by atoms with E-state index in [9.17, 15) is 4.79 Å². The first-order valence-corrected chi connectivity index (χ1v) is 8.75. The van der Waals surface area contributed by atoms with Crippen molar-refractivity contribution in [2.75, 3.05) is 19.6 Å². The summed E-state index contributed by atoms with van der Waals surface area (Å²) in [6.45, 7) is 11.8. The second-order valence-corrected chi connectivity index (χ2v) is 6.35. The summed E-state index contributed by atoms with van der Waals surface area (Å²) in [6.07, 6.45) is 1.94. The van der Waals surface area contributed by atoms with Gasteiger partial charge in [-0.15, -0.1) is 0 Å². The fraction of sp³-hybridized carbons (Fsp3) is 0.632. The number of alkyl carbamates (subject to hydrolysis) is 1. The molecule has 0 fully saturated rings. The molecule has 1 rings (SSSR count). The van der Waals surface area contributed by atoms with Gasteiger partial charge in [0.05, 0.1) is 0 Å². The quantitative estimate of drug-likeness (QED) is 0.707. The summed E-state index contributed by atoms with van der Waals surface area (Å²) in [5.74, 6) is 0.626. The highest BCUT2D eigenvalue weighted by molar-refractivity contribution is 5.67. The van der Waals surface area contributed by atoms with E-state index in [1.165, 1.54) is 0 Å². The lowest BCUT2D eigenvalue weighted by Gasteiger charge is -2.31. The van der Waals surface area contributed by atoms with Gasteiger partial charge in [0.25, 0.3) is 0 Å². The number of rotatable bonds is 10. The van der Waals surface area contributed by atoms with Crippen molar-refractivity contribution in [1.29, 1.82) is 0 Å². The van der Waals surface area contributed by atoms with Crippen LogP contribution < -0.4 is 5.32 Å². The Balaban J connectivity index is 2.32. The minimum atomic E-state index is -0.345. The van der Waals surface area contributed by atoms with Gasteiger partial charge in [-0.2, -0.15) is 0 Å². The van der Waals surface area contributed by atoms with Crippen molar-refractivity contribution in [1.82, 2.24) is 10.2 Å². The molecule has 4 heteroatoms. The van der Waals surface area contributed by atoms with Crippen molar-refractivity contribution in [3.8, 4) is 0 Å². The third-order valence-electron chi connectivity index (χ3n) is 3.94. The maximum absolute atomic E-state index is 11.8. The van der Waals surface area contributed by atoms with E-state index < -0.39 is 0 Å². The minimum Gasteiger partial charge on any atom is -0.445 e. The smallest absolute Gasteiger partial charge is 0.407 e. The zero-order chi connectivity index (χ0) is 17.1. The number of hydrogen-bond donors (Lipinski definition) is 1. The third kappa shape index (κ3) is 8.03. The second kappa shape index (κ2) is 11.1. The van der Waals surface area contributed by atoms with Crippen molar-refractivity contribution in [3.05, 3.63) is 35.9 Å². The van der Waals surface area contributed by atoms with Crippen LogP contribution in [0.3, 0.4) is 0 Å². The molecule has 0 atom stereocenters. The maximum Gasteiger partial charge on any atom is 0.407 e. The summed E-state index contributed by atoms with van der Waals surface area (Å²) < 4.78 is 5.24. The van der Waals surface area contributed by atoms with Gasteiger partial charge in [0.2, 0.25) is 0 Å². The Bertz CT molecular complexity index is 430. The molecule has 0 saturated carbocycles. The zero-order valence-electron chi connectivity index (χ0n) is 15.0. The standard InChI is InChI=1S/C19H32N2O2/c1-5-18(6-2)21(14-16(3)4)13-12-20-19(22)23-15-17-10-8-7-9-11-17/h7-11,16,18H,5-6,12-15H2,1-4H3,(H,20,22). The normalized spacial score (nSPS) is 11.3. The predicted molar refractivity (Wildman–Crippen MR) is 95.4 cm³/mol. The van der Waals surface area contributed by atoms with Gasteiger partial charge in [-0.3, -0.25) is 4.90 Å². The van der Waals surface area contributed by atoms with Crippen LogP contribution in [0.2, 0.25) is 0 Å². The Morgan fingerprint density at radius 2 is 1.83 bits per heavy atom. The highest BCUT2D eigenvalue weighted by atomic mass is 16.5. The number of benzene rings is 1. The van der Waals surface area contributed by atoms with Crippen molar-refractivity contribution in [3.63, 3.8) is 0 Å². The van der Waals surface area contributed by atoms with E-state index in [0.29, 0.717) is 25.1 Å². The number of ether oxygens (including phenoxy) is 1.